The second kappa shape index (κ2) is 9.72. The number of halogens is 1. The van der Waals surface area contributed by atoms with Gasteiger partial charge in [0.2, 0.25) is 0 Å². The van der Waals surface area contributed by atoms with Crippen molar-refractivity contribution in [3.63, 3.8) is 0 Å². The summed E-state index contributed by atoms with van der Waals surface area (Å²) in [7, 11) is -2.46. The second-order valence-corrected chi connectivity index (χ2v) is 7.62. The normalized spacial score (nSPS) is 15.0. The summed E-state index contributed by atoms with van der Waals surface area (Å²) in [5.74, 6) is -0.293. The average Bonchev–Trinajstić information content (AvgIpc) is 3.02. The number of rotatable bonds is 10. The molecule has 2 aromatic heterocycles. The Morgan fingerprint density at radius 1 is 1.41 bits per heavy atom. The van der Waals surface area contributed by atoms with Gasteiger partial charge < -0.3 is 19.8 Å². The van der Waals surface area contributed by atoms with E-state index in [1.165, 1.54) is 17.0 Å². The van der Waals surface area contributed by atoms with E-state index in [1.54, 1.807) is 20.8 Å². The number of anilines is 1. The topological polar surface area (TPSA) is 134 Å². The molecular weight excluding hydrogens is 378 g/mol. The first kappa shape index (κ1) is 21.2. The molecule has 27 heavy (non-hydrogen) atoms. The summed E-state index contributed by atoms with van der Waals surface area (Å²) in [5, 5.41) is 6.66. The van der Waals surface area contributed by atoms with Crippen molar-refractivity contribution in [3.8, 4) is 0 Å². The highest BCUT2D eigenvalue weighted by atomic mass is 31.1. The van der Waals surface area contributed by atoms with E-state index < -0.39 is 32.7 Å². The zero-order valence-corrected chi connectivity index (χ0v) is 16.4. The fourth-order valence-electron chi connectivity index (χ4n) is 2.28. The highest BCUT2D eigenvalue weighted by Crippen LogP contribution is 2.19. The van der Waals surface area contributed by atoms with Crippen LogP contribution in [0.4, 0.5) is 10.2 Å². The lowest BCUT2D eigenvalue weighted by Crippen LogP contribution is -2.33. The van der Waals surface area contributed by atoms with Gasteiger partial charge in [0.25, 0.3) is 0 Å². The summed E-state index contributed by atoms with van der Waals surface area (Å²) >= 11 is 0. The fourth-order valence-corrected chi connectivity index (χ4v) is 3.35. The number of hydrogen-bond acceptors (Lipinski definition) is 8. The summed E-state index contributed by atoms with van der Waals surface area (Å²) in [6, 6.07) is -0.746. The van der Waals surface area contributed by atoms with Crippen molar-refractivity contribution in [2.45, 2.75) is 45.4 Å². The summed E-state index contributed by atoms with van der Waals surface area (Å²) in [4.78, 5) is 19.6. The van der Waals surface area contributed by atoms with E-state index in [1.807, 2.05) is 0 Å². The maximum absolute atomic E-state index is 13.3. The number of nitrogens with zero attached hydrogens (tertiary/aromatic N) is 4. The van der Waals surface area contributed by atoms with Crippen molar-refractivity contribution in [2.24, 2.45) is 0 Å². The highest BCUT2D eigenvalue weighted by molar-refractivity contribution is 7.42. The number of carbonyl (C=O) groups excluding carboxylic acids is 1. The number of nitrogen functional groups attached to an aromatic ring is 1. The van der Waals surface area contributed by atoms with E-state index in [2.05, 4.69) is 20.2 Å². The van der Waals surface area contributed by atoms with Gasteiger partial charge in [0, 0.05) is 6.42 Å². The molecule has 0 bridgehead atoms. The molecule has 3 atom stereocenters. The molecule has 12 heteroatoms. The molecule has 2 heterocycles. The molecule has 0 aliphatic carbocycles. The Morgan fingerprint density at radius 3 is 2.81 bits per heavy atom. The number of alkyl halides is 1. The van der Waals surface area contributed by atoms with E-state index in [0.717, 1.165) is 0 Å². The van der Waals surface area contributed by atoms with Crippen LogP contribution < -0.4 is 10.8 Å². The molecule has 0 fully saturated rings. The molecule has 0 aliphatic rings. The minimum atomic E-state index is -2.46. The minimum absolute atomic E-state index is 0.161. The van der Waals surface area contributed by atoms with Crippen LogP contribution in [0.2, 0.25) is 0 Å². The number of nitrogens with one attached hydrogen (secondary N) is 1. The Labute approximate surface area is 156 Å². The van der Waals surface area contributed by atoms with Crippen molar-refractivity contribution in [3.05, 3.63) is 18.2 Å². The lowest BCUT2D eigenvalue weighted by Gasteiger charge is -2.17. The van der Waals surface area contributed by atoms with Crippen molar-refractivity contribution >= 4 is 25.4 Å². The average molecular weight is 402 g/mol. The van der Waals surface area contributed by atoms with Crippen LogP contribution in [-0.4, -0.2) is 56.8 Å². The first-order chi connectivity index (χ1) is 12.8. The Kier molecular flexibility index (Phi) is 7.64. The summed E-state index contributed by atoms with van der Waals surface area (Å²) in [6.45, 7) is 4.21. The molecule has 0 aliphatic heterocycles. The number of esters is 1. The van der Waals surface area contributed by atoms with Crippen LogP contribution in [-0.2, 0) is 25.3 Å². The molecule has 150 valence electrons. The second-order valence-electron chi connectivity index (χ2n) is 6.20. The van der Waals surface area contributed by atoms with Gasteiger partial charge in [-0.25, -0.2) is 18.9 Å². The van der Waals surface area contributed by atoms with Crippen LogP contribution in [0, 0.1) is 0 Å². The highest BCUT2D eigenvalue weighted by Gasteiger charge is 2.20. The van der Waals surface area contributed by atoms with E-state index >= 15 is 0 Å². The molecule has 1 unspecified atom stereocenters. The van der Waals surface area contributed by atoms with Gasteiger partial charge in [-0.3, -0.25) is 9.88 Å². The number of nitrogens with two attached hydrogens (primary N) is 1. The molecular formula is C15H24FN6O4P. The van der Waals surface area contributed by atoms with Crippen LogP contribution >= 0.6 is 7.95 Å². The van der Waals surface area contributed by atoms with Crippen LogP contribution in [0.25, 0.3) is 5.65 Å². The molecule has 0 saturated heterocycles. The number of fused-ring (bicyclic) bond motifs is 1. The maximum Gasteiger partial charge on any atom is 0.323 e. The molecule has 2 rings (SSSR count). The van der Waals surface area contributed by atoms with E-state index in [9.17, 15) is 13.8 Å². The predicted molar refractivity (Wildman–Crippen MR) is 97.4 cm³/mol. The molecule has 3 N–H and O–H groups in total. The summed E-state index contributed by atoms with van der Waals surface area (Å²) in [6.07, 6.45) is 1.63. The largest absolute Gasteiger partial charge is 0.462 e. The summed E-state index contributed by atoms with van der Waals surface area (Å²) in [5.41, 5.74) is 6.67. The molecule has 2 aromatic rings. The number of aromatic nitrogens is 4. The van der Waals surface area contributed by atoms with Gasteiger partial charge >= 0.3 is 5.97 Å². The van der Waals surface area contributed by atoms with Gasteiger partial charge in [0.05, 0.1) is 24.1 Å². The van der Waals surface area contributed by atoms with E-state index in [-0.39, 0.29) is 24.7 Å². The number of hydrogen-bond donors (Lipinski definition) is 2. The number of carbonyl (C=O) groups is 1. The standard InChI is InChI=1S/C15H24FN6O4P/c1-9(2)26-15(23)10(3)21-27(24)8-25-12(5-16)4-11-6-18-14-13(17)19-7-20-22(11)14/h6-7,9-10,12,27H,4-5,8H2,1-3H3,(H,21,24)(H2,17,19,20)/t10-,12-/m0/s1. The van der Waals surface area contributed by atoms with Crippen LogP contribution in [0.1, 0.15) is 26.5 Å². The molecule has 0 amide bonds. The quantitative estimate of drug-likeness (QED) is 0.440. The zero-order valence-electron chi connectivity index (χ0n) is 15.4. The van der Waals surface area contributed by atoms with Crippen molar-refractivity contribution in [1.82, 2.24) is 24.7 Å². The molecule has 0 spiro atoms. The number of imidazole rings is 1. The van der Waals surface area contributed by atoms with Crippen molar-refractivity contribution < 1.29 is 23.2 Å². The number of ether oxygens (including phenoxy) is 2. The van der Waals surface area contributed by atoms with Gasteiger partial charge in [-0.15, -0.1) is 0 Å². The fraction of sp³-hybridized carbons (Fsp3) is 0.600. The maximum atomic E-state index is 13.3. The molecule has 10 nitrogen and oxygen atoms in total. The van der Waals surface area contributed by atoms with Crippen molar-refractivity contribution in [2.75, 3.05) is 18.8 Å². The van der Waals surface area contributed by atoms with E-state index in [0.29, 0.717) is 11.3 Å². The lowest BCUT2D eigenvalue weighted by atomic mass is 10.2. The first-order valence-electron chi connectivity index (χ1n) is 8.42. The SMILES string of the molecule is CC(C)OC(=O)[C@H](C)N[PH](=O)CO[C@H](CF)Cc1cnc2c(N)ncnn12. The third-order valence-corrected chi connectivity index (χ3v) is 4.73. The first-order valence-corrected chi connectivity index (χ1v) is 10.0. The molecule has 0 radical (unpaired) electrons. The van der Waals surface area contributed by atoms with Crippen LogP contribution in [0.5, 0.6) is 0 Å². The van der Waals surface area contributed by atoms with E-state index in [4.69, 9.17) is 15.2 Å². The van der Waals surface area contributed by atoms with Gasteiger partial charge in [-0.1, -0.05) is 0 Å². The van der Waals surface area contributed by atoms with Crippen LogP contribution in [0.15, 0.2) is 12.5 Å². The molecule has 0 saturated carbocycles. The monoisotopic (exact) mass is 402 g/mol. The van der Waals surface area contributed by atoms with Gasteiger partial charge in [-0.05, 0) is 20.8 Å². The Balaban J connectivity index is 1.88. The summed E-state index contributed by atoms with van der Waals surface area (Å²) < 4.78 is 37.3. The van der Waals surface area contributed by atoms with Gasteiger partial charge in [0.1, 0.15) is 25.4 Å². The van der Waals surface area contributed by atoms with Gasteiger partial charge in [0.15, 0.2) is 19.4 Å². The lowest BCUT2D eigenvalue weighted by molar-refractivity contribution is -0.148. The van der Waals surface area contributed by atoms with Crippen molar-refractivity contribution in [1.29, 1.82) is 0 Å². The minimum Gasteiger partial charge on any atom is -0.462 e. The smallest absolute Gasteiger partial charge is 0.323 e. The molecule has 0 aromatic carbocycles. The van der Waals surface area contributed by atoms with Gasteiger partial charge in [-0.2, -0.15) is 5.10 Å². The van der Waals surface area contributed by atoms with Crippen LogP contribution in [0.3, 0.4) is 0 Å². The third-order valence-electron chi connectivity index (χ3n) is 3.54. The Bertz CT molecular complexity index is 802. The predicted octanol–water partition coefficient (Wildman–Crippen LogP) is 0.966. The Hall–Kier alpha value is -2.10. The zero-order chi connectivity index (χ0) is 20.0. The third kappa shape index (κ3) is 5.95. The Morgan fingerprint density at radius 2 is 2.15 bits per heavy atom.